The number of thiazole rings is 1. The first-order chi connectivity index (χ1) is 12.5. The minimum atomic E-state index is -1.06. The number of hydrogen-bond acceptors (Lipinski definition) is 6. The molecule has 1 aromatic carbocycles. The Morgan fingerprint density at radius 1 is 1.35 bits per heavy atom. The highest BCUT2D eigenvalue weighted by molar-refractivity contribution is 7.09. The molecule has 0 aliphatic rings. The third-order valence-electron chi connectivity index (χ3n) is 3.58. The van der Waals surface area contributed by atoms with Crippen LogP contribution in [0.2, 0.25) is 0 Å². The Labute approximate surface area is 155 Å². The van der Waals surface area contributed by atoms with Crippen LogP contribution >= 0.6 is 11.3 Å². The number of carbonyl (C=O) groups is 2. The third-order valence-corrected chi connectivity index (χ3v) is 4.49. The molecular weight excluding hydrogens is 356 g/mol. The summed E-state index contributed by atoms with van der Waals surface area (Å²) in [5, 5.41) is 13.8. The van der Waals surface area contributed by atoms with Crippen LogP contribution in [0.3, 0.4) is 0 Å². The normalized spacial score (nSPS) is 10.2. The summed E-state index contributed by atoms with van der Waals surface area (Å²) in [6.45, 7) is 4.06. The van der Waals surface area contributed by atoms with Crippen molar-refractivity contribution < 1.29 is 24.2 Å². The first kappa shape index (κ1) is 19.5. The van der Waals surface area contributed by atoms with Crippen molar-refractivity contribution in [2.75, 3.05) is 20.8 Å². The maximum atomic E-state index is 12.4. The van der Waals surface area contributed by atoms with Crippen molar-refractivity contribution in [2.45, 2.75) is 12.8 Å². The van der Waals surface area contributed by atoms with Crippen molar-refractivity contribution in [3.8, 4) is 11.5 Å². The number of amides is 1. The number of nitrogens with zero attached hydrogens (tertiary/aromatic N) is 1. The van der Waals surface area contributed by atoms with Crippen LogP contribution in [0.25, 0.3) is 0 Å². The van der Waals surface area contributed by atoms with Crippen LogP contribution in [0.5, 0.6) is 11.5 Å². The molecule has 0 saturated carbocycles. The average Bonchev–Trinajstić information content (AvgIpc) is 3.10. The lowest BCUT2D eigenvalue weighted by Gasteiger charge is -2.14. The molecule has 2 rings (SSSR count). The molecule has 138 valence electrons. The Hall–Kier alpha value is -2.87. The molecule has 8 heteroatoms. The highest BCUT2D eigenvalue weighted by Crippen LogP contribution is 2.33. The minimum Gasteiger partial charge on any atom is -0.493 e. The van der Waals surface area contributed by atoms with Gasteiger partial charge in [0, 0.05) is 29.5 Å². The highest BCUT2D eigenvalue weighted by Gasteiger charge is 2.16. The molecule has 0 aliphatic heterocycles. The smallest absolute Gasteiger partial charge is 0.355 e. The summed E-state index contributed by atoms with van der Waals surface area (Å²) < 4.78 is 10.7. The maximum Gasteiger partial charge on any atom is 0.355 e. The predicted molar refractivity (Wildman–Crippen MR) is 98.6 cm³/mol. The summed E-state index contributed by atoms with van der Waals surface area (Å²) in [5.74, 6) is -0.265. The number of carboxylic acid groups (broad SMARTS) is 1. The fraction of sp³-hybridized carbons (Fsp3) is 0.278. The second-order valence-electron chi connectivity index (χ2n) is 5.30. The summed E-state index contributed by atoms with van der Waals surface area (Å²) in [7, 11) is 3.06. The van der Waals surface area contributed by atoms with Crippen LogP contribution in [0.15, 0.2) is 30.2 Å². The lowest BCUT2D eigenvalue weighted by atomic mass is 10.0. The number of carbonyl (C=O) groups excluding carboxylic acids is 1. The largest absolute Gasteiger partial charge is 0.493 e. The molecule has 0 fully saturated rings. The molecule has 7 nitrogen and oxygen atoms in total. The van der Waals surface area contributed by atoms with Crippen molar-refractivity contribution in [3.05, 3.63) is 52.0 Å². The topological polar surface area (TPSA) is 97.8 Å². The van der Waals surface area contributed by atoms with Gasteiger partial charge in [-0.05, 0) is 18.6 Å². The molecule has 1 amide bonds. The van der Waals surface area contributed by atoms with Crippen molar-refractivity contribution in [2.24, 2.45) is 0 Å². The number of nitrogens with one attached hydrogen (secondary N) is 1. The van der Waals surface area contributed by atoms with Crippen LogP contribution in [-0.4, -0.2) is 42.7 Å². The van der Waals surface area contributed by atoms with E-state index in [0.29, 0.717) is 41.5 Å². The second-order valence-corrected chi connectivity index (χ2v) is 6.24. The Kier molecular flexibility index (Phi) is 6.74. The quantitative estimate of drug-likeness (QED) is 0.653. The molecule has 0 saturated heterocycles. The maximum absolute atomic E-state index is 12.4. The van der Waals surface area contributed by atoms with Gasteiger partial charge in [0.05, 0.1) is 19.2 Å². The molecule has 0 unspecified atom stereocenters. The van der Waals surface area contributed by atoms with Gasteiger partial charge in [0.2, 0.25) is 0 Å². The fourth-order valence-corrected chi connectivity index (χ4v) is 3.16. The van der Waals surface area contributed by atoms with E-state index in [1.165, 1.54) is 23.8 Å². The van der Waals surface area contributed by atoms with Gasteiger partial charge < -0.3 is 19.9 Å². The number of rotatable bonds is 9. The Bertz CT molecular complexity index is 816. The molecule has 0 aliphatic carbocycles. The van der Waals surface area contributed by atoms with E-state index >= 15 is 0 Å². The minimum absolute atomic E-state index is 0.0188. The molecule has 2 aromatic rings. The van der Waals surface area contributed by atoms with Gasteiger partial charge >= 0.3 is 5.97 Å². The Morgan fingerprint density at radius 3 is 2.69 bits per heavy atom. The van der Waals surface area contributed by atoms with Crippen LogP contribution in [0, 0.1) is 0 Å². The monoisotopic (exact) mass is 376 g/mol. The number of benzene rings is 1. The van der Waals surface area contributed by atoms with E-state index in [9.17, 15) is 9.59 Å². The Morgan fingerprint density at radius 2 is 2.12 bits per heavy atom. The van der Waals surface area contributed by atoms with Gasteiger partial charge in [0.1, 0.15) is 0 Å². The van der Waals surface area contributed by atoms with Crippen LogP contribution in [0.4, 0.5) is 0 Å². The van der Waals surface area contributed by atoms with E-state index in [1.54, 1.807) is 25.3 Å². The number of hydrogen-bond donors (Lipinski definition) is 2. The molecule has 0 spiro atoms. The fourth-order valence-electron chi connectivity index (χ4n) is 2.39. The number of carboxylic acids is 1. The molecule has 1 aromatic heterocycles. The molecule has 1 heterocycles. The van der Waals surface area contributed by atoms with Gasteiger partial charge in [-0.2, -0.15) is 0 Å². The zero-order chi connectivity index (χ0) is 19.1. The highest BCUT2D eigenvalue weighted by atomic mass is 32.1. The lowest BCUT2D eigenvalue weighted by molar-refractivity contribution is 0.0690. The van der Waals surface area contributed by atoms with E-state index < -0.39 is 5.97 Å². The second kappa shape index (κ2) is 9.00. The van der Waals surface area contributed by atoms with Gasteiger partial charge in [-0.25, -0.2) is 9.78 Å². The van der Waals surface area contributed by atoms with Gasteiger partial charge in [-0.15, -0.1) is 17.9 Å². The number of aromatic carboxylic acids is 1. The summed E-state index contributed by atoms with van der Waals surface area (Å²) in [6.07, 6.45) is 2.72. The van der Waals surface area contributed by atoms with E-state index in [0.717, 1.165) is 5.56 Å². The standard InChI is InChI=1S/C18H20N2O5S/c1-4-5-11-8-12(9-14(24-2)16(11)25-3)17(21)19-7-6-15-20-13(10-26-15)18(22)23/h4,8-10H,1,5-7H2,2-3H3,(H,19,21)(H,22,23). The van der Waals surface area contributed by atoms with Gasteiger partial charge in [-0.3, -0.25) is 4.79 Å². The van der Waals surface area contributed by atoms with Gasteiger partial charge in [0.15, 0.2) is 17.2 Å². The van der Waals surface area contributed by atoms with Gasteiger partial charge in [0.25, 0.3) is 5.91 Å². The summed E-state index contributed by atoms with van der Waals surface area (Å²) in [6, 6.07) is 3.36. The molecule has 0 atom stereocenters. The lowest BCUT2D eigenvalue weighted by Crippen LogP contribution is -2.26. The van der Waals surface area contributed by atoms with Crippen LogP contribution in [-0.2, 0) is 12.8 Å². The first-order valence-corrected chi connectivity index (χ1v) is 8.69. The number of aromatic nitrogens is 1. The third kappa shape index (κ3) is 4.60. The van der Waals surface area contributed by atoms with E-state index in [-0.39, 0.29) is 11.6 Å². The SMILES string of the molecule is C=CCc1cc(C(=O)NCCc2nc(C(=O)O)cs2)cc(OC)c1OC. The Balaban J connectivity index is 2.07. The predicted octanol–water partition coefficient (Wildman–Crippen LogP) is 2.56. The molecule has 26 heavy (non-hydrogen) atoms. The zero-order valence-corrected chi connectivity index (χ0v) is 15.4. The molecule has 0 bridgehead atoms. The van der Waals surface area contributed by atoms with Crippen molar-refractivity contribution in [1.82, 2.24) is 10.3 Å². The average molecular weight is 376 g/mol. The van der Waals surface area contributed by atoms with Crippen molar-refractivity contribution in [1.29, 1.82) is 0 Å². The number of methoxy groups -OCH3 is 2. The van der Waals surface area contributed by atoms with Crippen molar-refractivity contribution >= 4 is 23.2 Å². The van der Waals surface area contributed by atoms with E-state index in [4.69, 9.17) is 14.6 Å². The molecule has 0 radical (unpaired) electrons. The first-order valence-electron chi connectivity index (χ1n) is 7.81. The molecule has 2 N–H and O–H groups in total. The van der Waals surface area contributed by atoms with Crippen LogP contribution in [0.1, 0.15) is 31.4 Å². The number of ether oxygens (including phenoxy) is 2. The van der Waals surface area contributed by atoms with Crippen LogP contribution < -0.4 is 14.8 Å². The summed E-state index contributed by atoms with van der Waals surface area (Å²) in [5.41, 5.74) is 1.27. The summed E-state index contributed by atoms with van der Waals surface area (Å²) >= 11 is 1.25. The summed E-state index contributed by atoms with van der Waals surface area (Å²) in [4.78, 5) is 27.2. The van der Waals surface area contributed by atoms with Gasteiger partial charge in [-0.1, -0.05) is 6.08 Å². The zero-order valence-electron chi connectivity index (χ0n) is 14.6. The van der Waals surface area contributed by atoms with E-state index in [1.807, 2.05) is 0 Å². The molecular formula is C18H20N2O5S. The van der Waals surface area contributed by atoms with Crippen molar-refractivity contribution in [3.63, 3.8) is 0 Å². The number of allylic oxidation sites excluding steroid dienone is 1. The van der Waals surface area contributed by atoms with E-state index in [2.05, 4.69) is 16.9 Å².